The van der Waals surface area contributed by atoms with Gasteiger partial charge in [0.2, 0.25) is 0 Å². The van der Waals surface area contributed by atoms with Gasteiger partial charge in [0.25, 0.3) is 5.91 Å². The summed E-state index contributed by atoms with van der Waals surface area (Å²) in [6.07, 6.45) is 2.90. The Morgan fingerprint density at radius 1 is 1.77 bits per heavy atom. The maximum Gasteiger partial charge on any atom is 0.276 e. The van der Waals surface area contributed by atoms with Gasteiger partial charge in [-0.05, 0) is 13.0 Å². The molecule has 13 heavy (non-hydrogen) atoms. The van der Waals surface area contributed by atoms with Crippen molar-refractivity contribution in [3.8, 4) is 0 Å². The fraction of sp³-hybridized carbons (Fsp3) is 0.250. The summed E-state index contributed by atoms with van der Waals surface area (Å²) in [6.45, 7) is 2.18. The lowest BCUT2D eigenvalue weighted by Crippen LogP contribution is -2.23. The summed E-state index contributed by atoms with van der Waals surface area (Å²) in [4.78, 5) is 19.8. The first-order valence-electron chi connectivity index (χ1n) is 3.77. The first-order chi connectivity index (χ1) is 6.25. The van der Waals surface area contributed by atoms with Crippen LogP contribution in [0.1, 0.15) is 17.3 Å². The zero-order valence-electron chi connectivity index (χ0n) is 7.08. The molecule has 5 heteroatoms. The average molecular weight is 201 g/mol. The second-order valence-electron chi connectivity index (χ2n) is 2.22. The number of carbonyl (C=O) groups is 1. The van der Waals surface area contributed by atoms with Crippen molar-refractivity contribution < 1.29 is 9.63 Å². The summed E-state index contributed by atoms with van der Waals surface area (Å²) in [5.41, 5.74) is 2.59. The molecule has 1 amide bonds. The van der Waals surface area contributed by atoms with Crippen molar-refractivity contribution in [2.75, 3.05) is 6.61 Å². The van der Waals surface area contributed by atoms with Crippen molar-refractivity contribution in [2.24, 2.45) is 0 Å². The highest BCUT2D eigenvalue weighted by Gasteiger charge is 2.08. The quantitative estimate of drug-likeness (QED) is 0.751. The molecule has 0 unspecified atom stereocenters. The van der Waals surface area contributed by atoms with Gasteiger partial charge in [0, 0.05) is 12.4 Å². The number of aromatic nitrogens is 1. The van der Waals surface area contributed by atoms with Crippen molar-refractivity contribution in [1.82, 2.24) is 10.5 Å². The van der Waals surface area contributed by atoms with E-state index in [0.29, 0.717) is 17.2 Å². The fourth-order valence-corrected chi connectivity index (χ4v) is 0.957. The van der Waals surface area contributed by atoms with E-state index in [1.165, 1.54) is 18.5 Å². The number of halogens is 1. The first kappa shape index (κ1) is 9.95. The Hall–Kier alpha value is -1.13. The molecule has 0 aliphatic rings. The molecule has 1 aromatic heterocycles. The van der Waals surface area contributed by atoms with E-state index in [-0.39, 0.29) is 5.91 Å². The van der Waals surface area contributed by atoms with E-state index >= 15 is 0 Å². The Bertz CT molecular complexity index is 304. The number of rotatable bonds is 3. The molecule has 0 aromatic carbocycles. The van der Waals surface area contributed by atoms with Crippen LogP contribution in [-0.4, -0.2) is 17.5 Å². The standard InChI is InChI=1S/C8H9ClN2O2/c1-2-13-11-8(12)6-3-4-10-5-7(6)9/h3-5H,2H2,1H3,(H,11,12). The van der Waals surface area contributed by atoms with E-state index in [2.05, 4.69) is 10.5 Å². The van der Waals surface area contributed by atoms with Crippen molar-refractivity contribution in [3.63, 3.8) is 0 Å². The zero-order valence-corrected chi connectivity index (χ0v) is 7.84. The van der Waals surface area contributed by atoms with Crippen molar-refractivity contribution in [1.29, 1.82) is 0 Å². The Labute approximate surface area is 80.8 Å². The van der Waals surface area contributed by atoms with E-state index in [0.717, 1.165) is 0 Å². The highest BCUT2D eigenvalue weighted by molar-refractivity contribution is 6.33. The number of carbonyl (C=O) groups excluding carboxylic acids is 1. The van der Waals surface area contributed by atoms with Crippen molar-refractivity contribution in [2.45, 2.75) is 6.92 Å². The van der Waals surface area contributed by atoms with Gasteiger partial charge in [0.05, 0.1) is 17.2 Å². The van der Waals surface area contributed by atoms with E-state index < -0.39 is 0 Å². The van der Waals surface area contributed by atoms with Crippen LogP contribution in [0.25, 0.3) is 0 Å². The second-order valence-corrected chi connectivity index (χ2v) is 2.63. The van der Waals surface area contributed by atoms with Crippen LogP contribution >= 0.6 is 11.6 Å². The lowest BCUT2D eigenvalue weighted by atomic mass is 10.2. The molecule has 0 saturated heterocycles. The average Bonchev–Trinajstić information content (AvgIpc) is 2.15. The van der Waals surface area contributed by atoms with Gasteiger partial charge in [-0.25, -0.2) is 5.48 Å². The summed E-state index contributed by atoms with van der Waals surface area (Å²) < 4.78 is 0. The molecule has 0 spiro atoms. The third-order valence-electron chi connectivity index (χ3n) is 1.33. The van der Waals surface area contributed by atoms with Crippen molar-refractivity contribution >= 4 is 17.5 Å². The van der Waals surface area contributed by atoms with Crippen LogP contribution in [0, 0.1) is 0 Å². The van der Waals surface area contributed by atoms with E-state index in [9.17, 15) is 4.79 Å². The maximum absolute atomic E-state index is 11.3. The van der Waals surface area contributed by atoms with Crippen LogP contribution in [0.4, 0.5) is 0 Å². The number of nitrogens with zero attached hydrogens (tertiary/aromatic N) is 1. The largest absolute Gasteiger partial charge is 0.276 e. The molecular weight excluding hydrogens is 192 g/mol. The SMILES string of the molecule is CCONC(=O)c1ccncc1Cl. The lowest BCUT2D eigenvalue weighted by molar-refractivity contribution is 0.0364. The molecule has 0 saturated carbocycles. The zero-order chi connectivity index (χ0) is 9.68. The topological polar surface area (TPSA) is 51.2 Å². The number of hydrogen-bond donors (Lipinski definition) is 1. The molecule has 0 atom stereocenters. The fourth-order valence-electron chi connectivity index (χ4n) is 0.752. The summed E-state index contributed by atoms with van der Waals surface area (Å²) >= 11 is 5.72. The van der Waals surface area contributed by atoms with Gasteiger partial charge in [-0.3, -0.25) is 14.6 Å². The Morgan fingerprint density at radius 2 is 2.54 bits per heavy atom. The predicted molar refractivity (Wildman–Crippen MR) is 48.3 cm³/mol. The Morgan fingerprint density at radius 3 is 3.15 bits per heavy atom. The predicted octanol–water partition coefficient (Wildman–Crippen LogP) is 1.42. The molecular formula is C8H9ClN2O2. The molecule has 70 valence electrons. The molecule has 0 aliphatic carbocycles. The van der Waals surface area contributed by atoms with Crippen LogP contribution in [0.3, 0.4) is 0 Å². The summed E-state index contributed by atoms with van der Waals surface area (Å²) in [6, 6.07) is 1.52. The number of amides is 1. The number of hydroxylamine groups is 1. The van der Waals surface area contributed by atoms with Crippen LogP contribution in [0.5, 0.6) is 0 Å². The van der Waals surface area contributed by atoms with Crippen LogP contribution in [0.2, 0.25) is 5.02 Å². The molecule has 0 bridgehead atoms. The molecule has 0 aliphatic heterocycles. The van der Waals surface area contributed by atoms with Gasteiger partial charge < -0.3 is 0 Å². The molecule has 0 fully saturated rings. The monoisotopic (exact) mass is 200 g/mol. The van der Waals surface area contributed by atoms with E-state index in [1.807, 2.05) is 0 Å². The summed E-state index contributed by atoms with van der Waals surface area (Å²) in [5, 5.41) is 0.305. The molecule has 4 nitrogen and oxygen atoms in total. The smallest absolute Gasteiger partial charge is 0.274 e. The van der Waals surface area contributed by atoms with Gasteiger partial charge >= 0.3 is 0 Å². The van der Waals surface area contributed by atoms with Gasteiger partial charge in [-0.1, -0.05) is 11.6 Å². The molecule has 1 rings (SSSR count). The van der Waals surface area contributed by atoms with E-state index in [1.54, 1.807) is 6.92 Å². The number of hydrogen-bond acceptors (Lipinski definition) is 3. The summed E-state index contributed by atoms with van der Waals surface area (Å²) in [7, 11) is 0. The third kappa shape index (κ3) is 2.68. The lowest BCUT2D eigenvalue weighted by Gasteiger charge is -2.04. The van der Waals surface area contributed by atoms with Gasteiger partial charge in [-0.15, -0.1) is 0 Å². The maximum atomic E-state index is 11.3. The van der Waals surface area contributed by atoms with Crippen LogP contribution in [-0.2, 0) is 4.84 Å². The first-order valence-corrected chi connectivity index (χ1v) is 4.15. The Kier molecular flexibility index (Phi) is 3.67. The van der Waals surface area contributed by atoms with Gasteiger partial charge in [0.15, 0.2) is 0 Å². The van der Waals surface area contributed by atoms with Gasteiger partial charge in [-0.2, -0.15) is 0 Å². The Balaban J connectivity index is 2.71. The van der Waals surface area contributed by atoms with Crippen LogP contribution < -0.4 is 5.48 Å². The normalized spacial score (nSPS) is 9.69. The third-order valence-corrected chi connectivity index (χ3v) is 1.63. The van der Waals surface area contributed by atoms with Crippen molar-refractivity contribution in [3.05, 3.63) is 29.0 Å². The highest BCUT2D eigenvalue weighted by atomic mass is 35.5. The second kappa shape index (κ2) is 4.79. The summed E-state index contributed by atoms with van der Waals surface area (Å²) in [5.74, 6) is -0.366. The van der Waals surface area contributed by atoms with E-state index in [4.69, 9.17) is 16.4 Å². The molecule has 1 heterocycles. The van der Waals surface area contributed by atoms with Gasteiger partial charge in [0.1, 0.15) is 0 Å². The van der Waals surface area contributed by atoms with Crippen LogP contribution in [0.15, 0.2) is 18.5 Å². The molecule has 1 N–H and O–H groups in total. The molecule has 0 radical (unpaired) electrons. The number of nitrogens with one attached hydrogen (secondary N) is 1. The minimum Gasteiger partial charge on any atom is -0.274 e. The minimum absolute atomic E-state index is 0.305. The molecule has 1 aromatic rings. The highest BCUT2D eigenvalue weighted by Crippen LogP contribution is 2.12. The minimum atomic E-state index is -0.366. The number of pyridine rings is 1.